The van der Waals surface area contributed by atoms with E-state index in [0.717, 1.165) is 34.6 Å². The van der Waals surface area contributed by atoms with Gasteiger partial charge in [-0.15, -0.1) is 0 Å². The highest BCUT2D eigenvalue weighted by Gasteiger charge is 2.11. The molecule has 0 fully saturated rings. The zero-order valence-electron chi connectivity index (χ0n) is 11.8. The van der Waals surface area contributed by atoms with Crippen LogP contribution in [0.1, 0.15) is 19.4 Å². The molecule has 0 unspecified atom stereocenters. The SMILES string of the molecule is CCOc1cc(CNCCOC)cc(Br)c1OCC. The summed E-state index contributed by atoms with van der Waals surface area (Å²) in [4.78, 5) is 0. The van der Waals surface area contributed by atoms with Crippen molar-refractivity contribution >= 4 is 15.9 Å². The molecule has 4 nitrogen and oxygen atoms in total. The third-order valence-electron chi connectivity index (χ3n) is 2.47. The molecule has 0 aliphatic heterocycles. The van der Waals surface area contributed by atoms with Gasteiger partial charge in [-0.2, -0.15) is 0 Å². The van der Waals surface area contributed by atoms with Gasteiger partial charge in [0.1, 0.15) is 0 Å². The lowest BCUT2D eigenvalue weighted by atomic mass is 10.2. The van der Waals surface area contributed by atoms with Crippen LogP contribution >= 0.6 is 15.9 Å². The van der Waals surface area contributed by atoms with Crippen LogP contribution < -0.4 is 14.8 Å². The van der Waals surface area contributed by atoms with Crippen LogP contribution in [-0.4, -0.2) is 33.5 Å². The summed E-state index contributed by atoms with van der Waals surface area (Å²) < 4.78 is 17.2. The molecule has 0 atom stereocenters. The standard InChI is InChI=1S/C14H22BrNO3/c1-4-18-13-9-11(10-16-6-7-17-3)8-12(15)14(13)19-5-2/h8-9,16H,4-7,10H2,1-3H3. The van der Waals surface area contributed by atoms with Crippen molar-refractivity contribution in [2.24, 2.45) is 0 Å². The van der Waals surface area contributed by atoms with Crippen molar-refractivity contribution in [3.63, 3.8) is 0 Å². The average Bonchev–Trinajstić information content (AvgIpc) is 2.39. The minimum Gasteiger partial charge on any atom is -0.490 e. The molecule has 1 rings (SSSR count). The topological polar surface area (TPSA) is 39.7 Å². The fourth-order valence-corrected chi connectivity index (χ4v) is 2.28. The Morgan fingerprint density at radius 3 is 2.53 bits per heavy atom. The Kier molecular flexibility index (Phi) is 7.86. The Balaban J connectivity index is 2.77. The van der Waals surface area contributed by atoms with Crippen LogP contribution in [0.4, 0.5) is 0 Å². The van der Waals surface area contributed by atoms with Gasteiger partial charge in [-0.05, 0) is 47.5 Å². The first-order valence-corrected chi connectivity index (χ1v) is 7.29. The van der Waals surface area contributed by atoms with E-state index in [4.69, 9.17) is 14.2 Å². The molecule has 0 radical (unpaired) electrons. The fourth-order valence-electron chi connectivity index (χ4n) is 1.68. The van der Waals surface area contributed by atoms with Gasteiger partial charge in [0.15, 0.2) is 11.5 Å². The molecule has 1 aromatic carbocycles. The second-order valence-corrected chi connectivity index (χ2v) is 4.79. The highest BCUT2D eigenvalue weighted by molar-refractivity contribution is 9.10. The molecule has 0 aromatic heterocycles. The number of hydrogen-bond donors (Lipinski definition) is 1. The van der Waals surface area contributed by atoms with E-state index in [0.29, 0.717) is 19.8 Å². The summed E-state index contributed by atoms with van der Waals surface area (Å²) in [5.74, 6) is 1.55. The van der Waals surface area contributed by atoms with Crippen LogP contribution in [-0.2, 0) is 11.3 Å². The van der Waals surface area contributed by atoms with Gasteiger partial charge in [0, 0.05) is 20.2 Å². The van der Waals surface area contributed by atoms with Gasteiger partial charge in [0.05, 0.1) is 24.3 Å². The van der Waals surface area contributed by atoms with Gasteiger partial charge >= 0.3 is 0 Å². The van der Waals surface area contributed by atoms with E-state index in [-0.39, 0.29) is 0 Å². The highest BCUT2D eigenvalue weighted by atomic mass is 79.9. The van der Waals surface area contributed by atoms with Gasteiger partial charge in [0.25, 0.3) is 0 Å². The van der Waals surface area contributed by atoms with Crippen LogP contribution in [0.2, 0.25) is 0 Å². The monoisotopic (exact) mass is 331 g/mol. The van der Waals surface area contributed by atoms with E-state index in [1.807, 2.05) is 26.0 Å². The number of nitrogens with one attached hydrogen (secondary N) is 1. The Hall–Kier alpha value is -0.780. The predicted molar refractivity (Wildman–Crippen MR) is 80.1 cm³/mol. The normalized spacial score (nSPS) is 10.5. The number of hydrogen-bond acceptors (Lipinski definition) is 4. The van der Waals surface area contributed by atoms with E-state index in [9.17, 15) is 0 Å². The van der Waals surface area contributed by atoms with Crippen molar-refractivity contribution < 1.29 is 14.2 Å². The molecule has 5 heteroatoms. The van der Waals surface area contributed by atoms with Crippen LogP contribution in [0.3, 0.4) is 0 Å². The summed E-state index contributed by atoms with van der Waals surface area (Å²) in [6.07, 6.45) is 0. The minimum atomic E-state index is 0.615. The summed E-state index contributed by atoms with van der Waals surface area (Å²) in [7, 11) is 1.70. The number of benzene rings is 1. The van der Waals surface area contributed by atoms with E-state index in [2.05, 4.69) is 21.2 Å². The van der Waals surface area contributed by atoms with Gasteiger partial charge < -0.3 is 19.5 Å². The first-order chi connectivity index (χ1) is 9.22. The Morgan fingerprint density at radius 2 is 1.89 bits per heavy atom. The minimum absolute atomic E-state index is 0.615. The zero-order valence-corrected chi connectivity index (χ0v) is 13.4. The average molecular weight is 332 g/mol. The van der Waals surface area contributed by atoms with Crippen molar-refractivity contribution in [3.8, 4) is 11.5 Å². The molecular weight excluding hydrogens is 310 g/mol. The molecule has 1 N–H and O–H groups in total. The summed E-state index contributed by atoms with van der Waals surface area (Å²) >= 11 is 3.53. The van der Waals surface area contributed by atoms with Gasteiger partial charge in [0.2, 0.25) is 0 Å². The second-order valence-electron chi connectivity index (χ2n) is 3.94. The van der Waals surface area contributed by atoms with Gasteiger partial charge in [-0.25, -0.2) is 0 Å². The molecule has 0 saturated heterocycles. The lowest BCUT2D eigenvalue weighted by Gasteiger charge is -2.15. The maximum Gasteiger partial charge on any atom is 0.175 e. The van der Waals surface area contributed by atoms with Crippen molar-refractivity contribution in [2.45, 2.75) is 20.4 Å². The van der Waals surface area contributed by atoms with Crippen molar-refractivity contribution in [3.05, 3.63) is 22.2 Å². The first kappa shape index (κ1) is 16.3. The largest absolute Gasteiger partial charge is 0.490 e. The van der Waals surface area contributed by atoms with Crippen LogP contribution in [0, 0.1) is 0 Å². The van der Waals surface area contributed by atoms with Gasteiger partial charge in [-0.3, -0.25) is 0 Å². The number of methoxy groups -OCH3 is 1. The Bertz CT molecular complexity index is 385. The van der Waals surface area contributed by atoms with Crippen molar-refractivity contribution in [1.29, 1.82) is 0 Å². The second kappa shape index (κ2) is 9.18. The smallest absolute Gasteiger partial charge is 0.175 e. The maximum atomic E-state index is 5.63. The van der Waals surface area contributed by atoms with Crippen LogP contribution in [0.25, 0.3) is 0 Å². The van der Waals surface area contributed by atoms with E-state index in [1.54, 1.807) is 7.11 Å². The molecule has 0 amide bonds. The van der Waals surface area contributed by atoms with E-state index < -0.39 is 0 Å². The van der Waals surface area contributed by atoms with E-state index in [1.165, 1.54) is 0 Å². The molecule has 1 aromatic rings. The molecule has 0 heterocycles. The number of ether oxygens (including phenoxy) is 3. The van der Waals surface area contributed by atoms with Crippen LogP contribution in [0.5, 0.6) is 11.5 Å². The molecule has 0 bridgehead atoms. The van der Waals surface area contributed by atoms with Crippen molar-refractivity contribution in [2.75, 3.05) is 33.5 Å². The summed E-state index contributed by atoms with van der Waals surface area (Å²) in [5, 5.41) is 3.31. The molecule has 0 aliphatic carbocycles. The summed E-state index contributed by atoms with van der Waals surface area (Å²) in [6.45, 7) is 7.46. The summed E-state index contributed by atoms with van der Waals surface area (Å²) in [6, 6.07) is 4.06. The summed E-state index contributed by atoms with van der Waals surface area (Å²) in [5.41, 5.74) is 1.15. The van der Waals surface area contributed by atoms with E-state index >= 15 is 0 Å². The molecule has 0 aliphatic rings. The molecule has 19 heavy (non-hydrogen) atoms. The maximum absolute atomic E-state index is 5.63. The molecular formula is C14H22BrNO3. The quantitative estimate of drug-likeness (QED) is 0.706. The molecule has 0 spiro atoms. The Morgan fingerprint density at radius 1 is 1.16 bits per heavy atom. The first-order valence-electron chi connectivity index (χ1n) is 6.50. The third-order valence-corrected chi connectivity index (χ3v) is 3.06. The fraction of sp³-hybridized carbons (Fsp3) is 0.571. The highest BCUT2D eigenvalue weighted by Crippen LogP contribution is 2.36. The van der Waals surface area contributed by atoms with Crippen LogP contribution in [0.15, 0.2) is 16.6 Å². The molecule has 0 saturated carbocycles. The van der Waals surface area contributed by atoms with Gasteiger partial charge in [-0.1, -0.05) is 0 Å². The third kappa shape index (κ3) is 5.38. The predicted octanol–water partition coefficient (Wildman–Crippen LogP) is 2.98. The number of rotatable bonds is 9. The Labute approximate surface area is 123 Å². The lowest BCUT2D eigenvalue weighted by molar-refractivity contribution is 0.199. The molecule has 108 valence electrons. The van der Waals surface area contributed by atoms with Crippen molar-refractivity contribution in [1.82, 2.24) is 5.32 Å². The lowest BCUT2D eigenvalue weighted by Crippen LogP contribution is -2.18. The number of halogens is 1. The zero-order chi connectivity index (χ0) is 14.1.